The first-order valence-corrected chi connectivity index (χ1v) is 14.3. The number of thiocarbonyl (C=S) groups is 1. The number of hydrogen-bond donors (Lipinski definition) is 0. The van der Waals surface area contributed by atoms with Crippen LogP contribution in [0.15, 0.2) is 109 Å². The minimum atomic E-state index is -0.765. The average Bonchev–Trinajstić information content (AvgIpc) is 3.51. The first kappa shape index (κ1) is 21.2. The summed E-state index contributed by atoms with van der Waals surface area (Å²) in [5.41, 5.74) is 3.02. The van der Waals surface area contributed by atoms with Gasteiger partial charge < -0.3 is 0 Å². The summed E-state index contributed by atoms with van der Waals surface area (Å²) in [6.45, 7) is 0. The third kappa shape index (κ3) is 2.28. The van der Waals surface area contributed by atoms with Crippen LogP contribution in [0.5, 0.6) is 0 Å². The molecule has 2 bridgehead atoms. The van der Waals surface area contributed by atoms with E-state index in [1.54, 1.807) is 23.5 Å². The smallest absolute Gasteiger partial charge is 0.165 e. The first-order valence-electron chi connectivity index (χ1n) is 12.2. The maximum absolute atomic E-state index is 15.4. The number of ketones is 1. The Labute approximate surface area is 223 Å². The Morgan fingerprint density at radius 3 is 1.31 bits per heavy atom. The van der Waals surface area contributed by atoms with Crippen molar-refractivity contribution in [1.29, 1.82) is 0 Å². The Bertz CT molecular complexity index is 1620. The van der Waals surface area contributed by atoms with Crippen molar-refractivity contribution in [2.24, 2.45) is 0 Å². The van der Waals surface area contributed by atoms with E-state index in [0.29, 0.717) is 5.78 Å². The van der Waals surface area contributed by atoms with Crippen LogP contribution in [-0.4, -0.2) is 19.8 Å². The van der Waals surface area contributed by atoms with Crippen molar-refractivity contribution in [2.75, 3.05) is 0 Å². The van der Waals surface area contributed by atoms with Crippen LogP contribution in [0.4, 0.5) is 0 Å². The lowest BCUT2D eigenvalue weighted by Gasteiger charge is -2.39. The van der Waals surface area contributed by atoms with Crippen molar-refractivity contribution >= 4 is 66.6 Å². The fourth-order valence-corrected chi connectivity index (χ4v) is 11.3. The molecule has 2 fully saturated rings. The molecular formula is C32H20OS3. The van der Waals surface area contributed by atoms with Gasteiger partial charge in [0, 0.05) is 10.5 Å². The molecule has 1 saturated carbocycles. The quantitative estimate of drug-likeness (QED) is 0.177. The molecule has 0 radical (unpaired) electrons. The number of carbonyl (C=O) groups is 1. The molecule has 1 heterocycles. The molecule has 0 unspecified atom stereocenters. The van der Waals surface area contributed by atoms with Gasteiger partial charge in [-0.05, 0) is 43.8 Å². The molecule has 1 aliphatic heterocycles. The Balaban J connectivity index is 1.67. The van der Waals surface area contributed by atoms with E-state index in [1.165, 1.54) is 32.7 Å². The van der Waals surface area contributed by atoms with Gasteiger partial charge in [0.25, 0.3) is 0 Å². The number of Topliss-reactive ketones (excluding diaryl/α,β-unsaturated/α-hetero) is 1. The standard InChI is InChI=1S/C32H20OS3/c33-29-31(19-11-3-1-4-12-19)25-23-17-9-7-15-21(23)22-16-8-10-18-24(22)26(25)32(29,20-13-5-2-6-14-20)28-27(31)35-30(34)36-28/h1-18,27-28H/t27-,28+,31-,32+. The van der Waals surface area contributed by atoms with E-state index in [1.807, 2.05) is 12.1 Å². The highest BCUT2D eigenvalue weighted by Gasteiger charge is 2.78. The summed E-state index contributed by atoms with van der Waals surface area (Å²) in [4.78, 5) is 15.4. The molecule has 5 aromatic carbocycles. The second-order valence-electron chi connectivity index (χ2n) is 9.85. The molecule has 0 N–H and O–H groups in total. The van der Waals surface area contributed by atoms with Crippen LogP contribution in [0.3, 0.4) is 0 Å². The highest BCUT2D eigenvalue weighted by atomic mass is 32.2. The maximum Gasteiger partial charge on any atom is 0.165 e. The Hall–Kier alpha value is -2.92. The van der Waals surface area contributed by atoms with E-state index in [-0.39, 0.29) is 10.5 Å². The zero-order valence-electron chi connectivity index (χ0n) is 19.2. The predicted octanol–water partition coefficient (Wildman–Crippen LogP) is 7.66. The largest absolute Gasteiger partial charge is 0.297 e. The van der Waals surface area contributed by atoms with E-state index in [9.17, 15) is 0 Å². The molecule has 8 rings (SSSR count). The van der Waals surface area contributed by atoms with Crippen molar-refractivity contribution in [3.8, 4) is 0 Å². The molecule has 1 nitrogen and oxygen atoms in total. The van der Waals surface area contributed by atoms with Gasteiger partial charge in [0.1, 0.15) is 3.53 Å². The SMILES string of the molecule is O=C1[C@]2(c3ccccc3)c3c(c4ccccc4c4ccccc34)[C@@]1(c1ccccc1)[C@H]1SC(=S)S[C@H]12. The van der Waals surface area contributed by atoms with Gasteiger partial charge in [0.05, 0.1) is 10.8 Å². The van der Waals surface area contributed by atoms with Crippen molar-refractivity contribution < 1.29 is 4.79 Å². The van der Waals surface area contributed by atoms with Crippen molar-refractivity contribution in [2.45, 2.75) is 21.3 Å². The predicted molar refractivity (Wildman–Crippen MR) is 156 cm³/mol. The summed E-state index contributed by atoms with van der Waals surface area (Å²) in [6, 6.07) is 38.3. The average molecular weight is 517 g/mol. The molecule has 3 aliphatic rings. The molecule has 36 heavy (non-hydrogen) atoms. The zero-order valence-corrected chi connectivity index (χ0v) is 21.6. The van der Waals surface area contributed by atoms with Crippen LogP contribution < -0.4 is 0 Å². The highest BCUT2D eigenvalue weighted by Crippen LogP contribution is 2.73. The lowest BCUT2D eigenvalue weighted by Crippen LogP contribution is -2.43. The zero-order chi connectivity index (χ0) is 24.1. The fourth-order valence-electron chi connectivity index (χ4n) is 7.31. The van der Waals surface area contributed by atoms with Crippen molar-refractivity contribution in [3.63, 3.8) is 0 Å². The summed E-state index contributed by atoms with van der Waals surface area (Å²) >= 11 is 9.34. The van der Waals surface area contributed by atoms with Crippen LogP contribution in [0.25, 0.3) is 21.5 Å². The number of fused-ring (bicyclic) bond motifs is 13. The minimum absolute atomic E-state index is 0.0437. The lowest BCUT2D eigenvalue weighted by molar-refractivity contribution is -0.123. The number of thioether (sulfide) groups is 2. The van der Waals surface area contributed by atoms with Crippen molar-refractivity contribution in [3.05, 3.63) is 131 Å². The normalized spacial score (nSPS) is 28.1. The minimum Gasteiger partial charge on any atom is -0.297 e. The molecule has 0 aromatic heterocycles. The molecule has 5 aromatic rings. The van der Waals surface area contributed by atoms with Gasteiger partial charge in [-0.15, -0.1) is 23.5 Å². The second kappa shape index (κ2) is 7.32. The Morgan fingerprint density at radius 2 is 0.889 bits per heavy atom. The Kier molecular flexibility index (Phi) is 4.31. The summed E-state index contributed by atoms with van der Waals surface area (Å²) in [6.07, 6.45) is 0. The van der Waals surface area contributed by atoms with Crippen LogP contribution in [0.1, 0.15) is 22.3 Å². The summed E-state index contributed by atoms with van der Waals surface area (Å²) < 4.78 is 0.944. The topological polar surface area (TPSA) is 17.1 Å². The molecule has 172 valence electrons. The molecule has 0 spiro atoms. The van der Waals surface area contributed by atoms with Gasteiger partial charge >= 0.3 is 0 Å². The summed E-state index contributed by atoms with van der Waals surface area (Å²) in [7, 11) is 0. The number of rotatable bonds is 2. The van der Waals surface area contributed by atoms with Crippen LogP contribution >= 0.6 is 35.7 Å². The van der Waals surface area contributed by atoms with Crippen molar-refractivity contribution in [1.82, 2.24) is 0 Å². The first-order chi connectivity index (χ1) is 17.7. The van der Waals surface area contributed by atoms with E-state index in [0.717, 1.165) is 14.7 Å². The van der Waals surface area contributed by atoms with Gasteiger partial charge in [-0.3, -0.25) is 4.79 Å². The number of carbonyl (C=O) groups excluding carboxylic acids is 1. The molecular weight excluding hydrogens is 497 g/mol. The Morgan fingerprint density at radius 1 is 0.528 bits per heavy atom. The van der Waals surface area contributed by atoms with Gasteiger partial charge in [0.2, 0.25) is 0 Å². The van der Waals surface area contributed by atoms with E-state index in [4.69, 9.17) is 12.2 Å². The van der Waals surface area contributed by atoms with Gasteiger partial charge in [-0.2, -0.15) is 0 Å². The van der Waals surface area contributed by atoms with Crippen LogP contribution in [0.2, 0.25) is 0 Å². The highest BCUT2D eigenvalue weighted by molar-refractivity contribution is 8.50. The molecule has 1 saturated heterocycles. The van der Waals surface area contributed by atoms with E-state index >= 15 is 4.79 Å². The van der Waals surface area contributed by atoms with Gasteiger partial charge in [0.15, 0.2) is 5.78 Å². The lowest BCUT2D eigenvalue weighted by atomic mass is 9.68. The van der Waals surface area contributed by atoms with Crippen LogP contribution in [-0.2, 0) is 15.6 Å². The molecule has 4 heteroatoms. The number of hydrogen-bond acceptors (Lipinski definition) is 4. The van der Waals surface area contributed by atoms with E-state index < -0.39 is 10.8 Å². The summed E-state index contributed by atoms with van der Waals surface area (Å²) in [5, 5.41) is 4.87. The molecule has 2 aliphatic carbocycles. The molecule has 0 amide bonds. The fraction of sp³-hybridized carbons (Fsp3) is 0.125. The van der Waals surface area contributed by atoms with Crippen LogP contribution in [0, 0.1) is 0 Å². The maximum atomic E-state index is 15.4. The summed E-state index contributed by atoms with van der Waals surface area (Å²) in [5.74, 6) is 0.307. The number of benzene rings is 5. The van der Waals surface area contributed by atoms with E-state index in [2.05, 4.69) is 97.1 Å². The molecule has 4 atom stereocenters. The van der Waals surface area contributed by atoms with Gasteiger partial charge in [-0.25, -0.2) is 0 Å². The second-order valence-corrected chi connectivity index (χ2v) is 13.3. The monoisotopic (exact) mass is 516 g/mol. The third-order valence-electron chi connectivity index (χ3n) is 8.47. The third-order valence-corrected chi connectivity index (χ3v) is 11.9. The van der Waals surface area contributed by atoms with Gasteiger partial charge in [-0.1, -0.05) is 121 Å².